The Morgan fingerprint density at radius 1 is 0.917 bits per heavy atom. The summed E-state index contributed by atoms with van der Waals surface area (Å²) in [6.45, 7) is 2.52. The first-order chi connectivity index (χ1) is 11.8. The van der Waals surface area contributed by atoms with E-state index in [2.05, 4.69) is 19.9 Å². The number of piperidine rings is 1. The number of aromatic nitrogens is 3. The third kappa shape index (κ3) is 2.62. The van der Waals surface area contributed by atoms with Gasteiger partial charge in [-0.05, 0) is 43.9 Å². The second-order valence-electron chi connectivity index (χ2n) is 6.54. The van der Waals surface area contributed by atoms with Gasteiger partial charge in [0.2, 0.25) is 5.95 Å². The van der Waals surface area contributed by atoms with Crippen molar-refractivity contribution >= 4 is 11.9 Å². The van der Waals surface area contributed by atoms with Crippen LogP contribution in [0.15, 0.2) is 42.9 Å². The van der Waals surface area contributed by atoms with Gasteiger partial charge in [-0.3, -0.25) is 9.78 Å². The average Bonchev–Trinajstić information content (AvgIpc) is 3.06. The van der Waals surface area contributed by atoms with Crippen molar-refractivity contribution in [1.29, 1.82) is 0 Å². The van der Waals surface area contributed by atoms with Crippen LogP contribution >= 0.6 is 0 Å². The van der Waals surface area contributed by atoms with Gasteiger partial charge in [0.25, 0.3) is 5.91 Å². The maximum absolute atomic E-state index is 12.6. The number of hydrogen-bond acceptors (Lipinski definition) is 5. The molecule has 2 saturated heterocycles. The van der Waals surface area contributed by atoms with Crippen LogP contribution in [0.2, 0.25) is 0 Å². The molecule has 6 nitrogen and oxygen atoms in total. The quantitative estimate of drug-likeness (QED) is 0.847. The van der Waals surface area contributed by atoms with Gasteiger partial charge >= 0.3 is 0 Å². The van der Waals surface area contributed by atoms with Crippen molar-refractivity contribution in [3.63, 3.8) is 0 Å². The summed E-state index contributed by atoms with van der Waals surface area (Å²) in [6, 6.07) is 7.32. The van der Waals surface area contributed by atoms with Gasteiger partial charge in [-0.1, -0.05) is 6.07 Å². The molecule has 4 heterocycles. The fraction of sp³-hybridized carbons (Fsp3) is 0.444. The molecule has 0 radical (unpaired) electrons. The average molecular weight is 323 g/mol. The van der Waals surface area contributed by atoms with Crippen LogP contribution in [0.25, 0.3) is 0 Å². The molecule has 24 heavy (non-hydrogen) atoms. The summed E-state index contributed by atoms with van der Waals surface area (Å²) in [5.41, 5.74) is 0.630. The van der Waals surface area contributed by atoms with E-state index in [4.69, 9.17) is 0 Å². The van der Waals surface area contributed by atoms with E-state index in [9.17, 15) is 4.79 Å². The van der Waals surface area contributed by atoms with E-state index in [1.165, 1.54) is 0 Å². The molecule has 1 spiro atoms. The van der Waals surface area contributed by atoms with Crippen LogP contribution in [-0.4, -0.2) is 50.9 Å². The topological polar surface area (TPSA) is 62.2 Å². The van der Waals surface area contributed by atoms with E-state index >= 15 is 0 Å². The summed E-state index contributed by atoms with van der Waals surface area (Å²) >= 11 is 0. The molecule has 1 amide bonds. The van der Waals surface area contributed by atoms with Gasteiger partial charge < -0.3 is 9.80 Å². The molecule has 2 aromatic rings. The van der Waals surface area contributed by atoms with Gasteiger partial charge in [0.1, 0.15) is 5.69 Å². The number of nitrogens with zero attached hydrogens (tertiary/aromatic N) is 5. The van der Waals surface area contributed by atoms with Crippen molar-refractivity contribution in [2.75, 3.05) is 24.5 Å². The third-order valence-corrected chi connectivity index (χ3v) is 5.26. The number of anilines is 1. The molecular weight excluding hydrogens is 302 g/mol. The Morgan fingerprint density at radius 3 is 2.38 bits per heavy atom. The normalized spacial score (nSPS) is 19.7. The fourth-order valence-electron chi connectivity index (χ4n) is 3.98. The predicted octanol–water partition coefficient (Wildman–Crippen LogP) is 2.15. The first kappa shape index (κ1) is 15.1. The lowest BCUT2D eigenvalue weighted by atomic mass is 9.85. The molecule has 2 aliphatic rings. The van der Waals surface area contributed by atoms with E-state index in [0.717, 1.165) is 51.3 Å². The highest BCUT2D eigenvalue weighted by Gasteiger charge is 2.45. The number of carbonyl (C=O) groups excluding carboxylic acids is 1. The van der Waals surface area contributed by atoms with E-state index < -0.39 is 0 Å². The zero-order valence-electron chi connectivity index (χ0n) is 13.6. The van der Waals surface area contributed by atoms with Gasteiger partial charge in [-0.25, -0.2) is 9.97 Å². The van der Waals surface area contributed by atoms with Crippen molar-refractivity contribution in [1.82, 2.24) is 19.9 Å². The molecule has 0 unspecified atom stereocenters. The monoisotopic (exact) mass is 323 g/mol. The molecule has 124 valence electrons. The molecule has 0 aromatic carbocycles. The lowest BCUT2D eigenvalue weighted by molar-refractivity contribution is 0.0666. The summed E-state index contributed by atoms with van der Waals surface area (Å²) in [5, 5.41) is 0. The maximum atomic E-state index is 12.6. The van der Waals surface area contributed by atoms with Crippen LogP contribution in [0.5, 0.6) is 0 Å². The highest BCUT2D eigenvalue weighted by atomic mass is 16.2. The molecule has 0 bridgehead atoms. The Hall–Kier alpha value is -2.50. The summed E-state index contributed by atoms with van der Waals surface area (Å²) in [7, 11) is 0. The van der Waals surface area contributed by atoms with E-state index in [1.807, 2.05) is 23.1 Å². The van der Waals surface area contributed by atoms with Crippen LogP contribution in [0.1, 0.15) is 36.2 Å². The van der Waals surface area contributed by atoms with Crippen LogP contribution in [-0.2, 0) is 0 Å². The van der Waals surface area contributed by atoms with Crippen LogP contribution < -0.4 is 4.90 Å². The first-order valence-corrected chi connectivity index (χ1v) is 8.54. The van der Waals surface area contributed by atoms with Crippen LogP contribution in [0.3, 0.4) is 0 Å². The first-order valence-electron chi connectivity index (χ1n) is 8.54. The van der Waals surface area contributed by atoms with E-state index in [-0.39, 0.29) is 11.4 Å². The molecular formula is C18H21N5O. The number of pyridine rings is 1. The summed E-state index contributed by atoms with van der Waals surface area (Å²) in [5.74, 6) is 0.852. The number of carbonyl (C=O) groups is 1. The van der Waals surface area contributed by atoms with Crippen LogP contribution in [0.4, 0.5) is 5.95 Å². The third-order valence-electron chi connectivity index (χ3n) is 5.26. The highest BCUT2D eigenvalue weighted by Crippen LogP contribution is 2.40. The highest BCUT2D eigenvalue weighted by molar-refractivity contribution is 5.92. The Balaban J connectivity index is 1.48. The summed E-state index contributed by atoms with van der Waals surface area (Å²) in [4.78, 5) is 29.9. The number of likely N-dealkylation sites (tertiary alicyclic amines) is 1. The molecule has 2 fully saturated rings. The molecule has 2 aliphatic heterocycles. The lowest BCUT2D eigenvalue weighted by Crippen LogP contribution is -2.54. The van der Waals surface area contributed by atoms with Crippen molar-refractivity contribution in [3.05, 3.63) is 48.5 Å². The number of amides is 1. The second-order valence-corrected chi connectivity index (χ2v) is 6.54. The minimum Gasteiger partial charge on any atom is -0.337 e. The SMILES string of the molecule is O=C(c1ccccn1)N1CCC2(CCCN2c2ncccn2)CC1. The van der Waals surface area contributed by atoms with Gasteiger partial charge in [0.15, 0.2) is 0 Å². The minimum absolute atomic E-state index is 0.0333. The zero-order chi connectivity index (χ0) is 16.4. The molecule has 6 heteroatoms. The number of rotatable bonds is 2. The largest absolute Gasteiger partial charge is 0.337 e. The molecule has 0 aliphatic carbocycles. The van der Waals surface area contributed by atoms with Crippen molar-refractivity contribution < 1.29 is 4.79 Å². The smallest absolute Gasteiger partial charge is 0.272 e. The molecule has 0 atom stereocenters. The Bertz CT molecular complexity index is 698. The standard InChI is InChI=1S/C18H21N5O/c24-16(15-5-1-2-9-19-15)22-13-7-18(8-14-22)6-3-12-23(18)17-20-10-4-11-21-17/h1-2,4-5,9-11H,3,6-8,12-14H2. The maximum Gasteiger partial charge on any atom is 0.272 e. The van der Waals surface area contributed by atoms with Crippen molar-refractivity contribution in [3.8, 4) is 0 Å². The minimum atomic E-state index is 0.0333. The number of hydrogen-bond donors (Lipinski definition) is 0. The van der Waals surface area contributed by atoms with E-state index in [1.54, 1.807) is 24.7 Å². The van der Waals surface area contributed by atoms with Gasteiger partial charge in [-0.2, -0.15) is 0 Å². The Labute approximate surface area is 141 Å². The second kappa shape index (κ2) is 6.19. The predicted molar refractivity (Wildman–Crippen MR) is 90.7 cm³/mol. The Kier molecular flexibility index (Phi) is 3.88. The van der Waals surface area contributed by atoms with Gasteiger partial charge in [-0.15, -0.1) is 0 Å². The van der Waals surface area contributed by atoms with Gasteiger partial charge in [0.05, 0.1) is 0 Å². The molecule has 2 aromatic heterocycles. The van der Waals surface area contributed by atoms with Crippen molar-refractivity contribution in [2.45, 2.75) is 31.2 Å². The lowest BCUT2D eigenvalue weighted by Gasteiger charge is -2.44. The zero-order valence-corrected chi connectivity index (χ0v) is 13.6. The van der Waals surface area contributed by atoms with Gasteiger partial charge in [0, 0.05) is 43.8 Å². The Morgan fingerprint density at radius 2 is 1.67 bits per heavy atom. The molecule has 4 rings (SSSR count). The van der Waals surface area contributed by atoms with Crippen molar-refractivity contribution in [2.24, 2.45) is 0 Å². The molecule has 0 N–H and O–H groups in total. The molecule has 0 saturated carbocycles. The van der Waals surface area contributed by atoms with Crippen LogP contribution in [0, 0.1) is 0 Å². The van der Waals surface area contributed by atoms with E-state index in [0.29, 0.717) is 5.69 Å². The fourth-order valence-corrected chi connectivity index (χ4v) is 3.98. The summed E-state index contributed by atoms with van der Waals surface area (Å²) < 4.78 is 0. The summed E-state index contributed by atoms with van der Waals surface area (Å²) in [6.07, 6.45) is 9.50.